The zero-order valence-electron chi connectivity index (χ0n) is 11.6. The van der Waals surface area contributed by atoms with Crippen LogP contribution < -0.4 is 0 Å². The predicted molar refractivity (Wildman–Crippen MR) is 78.4 cm³/mol. The van der Waals surface area contributed by atoms with Gasteiger partial charge in [0.15, 0.2) is 0 Å². The Morgan fingerprint density at radius 1 is 1.05 bits per heavy atom. The SMILES string of the molecule is Cc1noc(C)c1-c1ccccc1S(=O)(=O)n1cccc1. The minimum atomic E-state index is -3.64. The van der Waals surface area contributed by atoms with Gasteiger partial charge in [-0.15, -0.1) is 0 Å². The minimum absolute atomic E-state index is 0.232. The Balaban J connectivity index is 2.28. The van der Waals surface area contributed by atoms with Crippen LogP contribution in [0.25, 0.3) is 11.1 Å². The number of aryl methyl sites for hydroxylation is 2. The summed E-state index contributed by atoms with van der Waals surface area (Å²) in [7, 11) is -3.64. The van der Waals surface area contributed by atoms with E-state index in [-0.39, 0.29) is 4.90 Å². The van der Waals surface area contributed by atoms with Crippen LogP contribution in [0.3, 0.4) is 0 Å². The Kier molecular flexibility index (Phi) is 3.17. The highest BCUT2D eigenvalue weighted by Crippen LogP contribution is 2.33. The van der Waals surface area contributed by atoms with E-state index in [4.69, 9.17) is 4.52 Å². The van der Waals surface area contributed by atoms with Gasteiger partial charge in [0.05, 0.1) is 10.6 Å². The van der Waals surface area contributed by atoms with Crippen LogP contribution in [0.4, 0.5) is 0 Å². The van der Waals surface area contributed by atoms with E-state index in [9.17, 15) is 8.42 Å². The predicted octanol–water partition coefficient (Wildman–Crippen LogP) is 3.00. The van der Waals surface area contributed by atoms with Gasteiger partial charge in [0.1, 0.15) is 5.76 Å². The van der Waals surface area contributed by atoms with Crippen molar-refractivity contribution < 1.29 is 12.9 Å². The lowest BCUT2D eigenvalue weighted by Gasteiger charge is -2.11. The van der Waals surface area contributed by atoms with Crippen molar-refractivity contribution in [1.82, 2.24) is 9.13 Å². The molecule has 0 aliphatic heterocycles. The third kappa shape index (κ3) is 2.17. The van der Waals surface area contributed by atoms with Crippen LogP contribution in [0.15, 0.2) is 58.2 Å². The molecule has 2 heterocycles. The van der Waals surface area contributed by atoms with E-state index in [0.717, 1.165) is 5.56 Å². The average molecular weight is 302 g/mol. The van der Waals surface area contributed by atoms with Crippen molar-refractivity contribution in [3.8, 4) is 11.1 Å². The summed E-state index contributed by atoms with van der Waals surface area (Å²) in [6, 6.07) is 10.2. The Hall–Kier alpha value is -2.34. The second-order valence-corrected chi connectivity index (χ2v) is 6.52. The molecule has 0 spiro atoms. The summed E-state index contributed by atoms with van der Waals surface area (Å²) in [4.78, 5) is 0.232. The zero-order chi connectivity index (χ0) is 15.0. The molecule has 2 aromatic heterocycles. The number of nitrogens with zero attached hydrogens (tertiary/aromatic N) is 2. The fourth-order valence-electron chi connectivity index (χ4n) is 2.36. The first-order valence-corrected chi connectivity index (χ1v) is 7.86. The first-order valence-electron chi connectivity index (χ1n) is 6.42. The summed E-state index contributed by atoms with van der Waals surface area (Å²) in [5.74, 6) is 0.600. The van der Waals surface area contributed by atoms with Crippen LogP contribution in [0.1, 0.15) is 11.5 Å². The molecule has 0 N–H and O–H groups in total. The lowest BCUT2D eigenvalue weighted by molar-refractivity contribution is 0.393. The summed E-state index contributed by atoms with van der Waals surface area (Å²) in [5.41, 5.74) is 1.99. The Labute approximate surface area is 122 Å². The van der Waals surface area contributed by atoms with E-state index in [1.807, 2.05) is 0 Å². The van der Waals surface area contributed by atoms with Crippen molar-refractivity contribution in [3.05, 3.63) is 60.2 Å². The largest absolute Gasteiger partial charge is 0.361 e. The molecule has 6 heteroatoms. The van der Waals surface area contributed by atoms with Crippen molar-refractivity contribution >= 4 is 10.0 Å². The maximum absolute atomic E-state index is 12.7. The number of hydrogen-bond donors (Lipinski definition) is 0. The molecule has 0 radical (unpaired) electrons. The molecular formula is C15H14N2O3S. The molecule has 0 unspecified atom stereocenters. The van der Waals surface area contributed by atoms with Gasteiger partial charge >= 0.3 is 0 Å². The third-order valence-corrected chi connectivity index (χ3v) is 5.03. The van der Waals surface area contributed by atoms with Gasteiger partial charge in [0, 0.05) is 23.5 Å². The molecule has 0 saturated heterocycles. The number of aromatic nitrogens is 2. The van der Waals surface area contributed by atoms with Crippen molar-refractivity contribution in [1.29, 1.82) is 0 Å². The molecule has 1 aromatic carbocycles. The van der Waals surface area contributed by atoms with Gasteiger partial charge in [-0.05, 0) is 32.0 Å². The molecule has 0 aliphatic rings. The van der Waals surface area contributed by atoms with Crippen LogP contribution in [0, 0.1) is 13.8 Å². The van der Waals surface area contributed by atoms with Crippen molar-refractivity contribution in [2.45, 2.75) is 18.7 Å². The van der Waals surface area contributed by atoms with E-state index >= 15 is 0 Å². The molecular weight excluding hydrogens is 288 g/mol. The molecule has 108 valence electrons. The standard InChI is InChI=1S/C15H14N2O3S/c1-11-15(12(2)20-16-11)13-7-3-4-8-14(13)21(18,19)17-9-5-6-10-17/h3-10H,1-2H3. The smallest absolute Gasteiger partial charge is 0.268 e. The second-order valence-electron chi connectivity index (χ2n) is 4.71. The van der Waals surface area contributed by atoms with Gasteiger partial charge in [0.25, 0.3) is 10.0 Å². The van der Waals surface area contributed by atoms with Crippen molar-refractivity contribution in [2.75, 3.05) is 0 Å². The van der Waals surface area contributed by atoms with E-state index < -0.39 is 10.0 Å². The van der Waals surface area contributed by atoms with Crippen LogP contribution in [0.5, 0.6) is 0 Å². The normalized spacial score (nSPS) is 11.7. The van der Waals surface area contributed by atoms with Gasteiger partial charge in [-0.1, -0.05) is 23.4 Å². The minimum Gasteiger partial charge on any atom is -0.361 e. The lowest BCUT2D eigenvalue weighted by Crippen LogP contribution is -2.12. The first kappa shape index (κ1) is 13.6. The second kappa shape index (κ2) is 4.89. The highest BCUT2D eigenvalue weighted by molar-refractivity contribution is 7.90. The number of benzene rings is 1. The Morgan fingerprint density at radius 2 is 1.71 bits per heavy atom. The van der Waals surface area contributed by atoms with Crippen LogP contribution >= 0.6 is 0 Å². The van der Waals surface area contributed by atoms with Crippen molar-refractivity contribution in [3.63, 3.8) is 0 Å². The Bertz CT molecular complexity index is 858. The van der Waals surface area contributed by atoms with E-state index in [1.165, 1.54) is 16.4 Å². The van der Waals surface area contributed by atoms with Gasteiger partial charge in [-0.3, -0.25) is 0 Å². The monoisotopic (exact) mass is 302 g/mol. The van der Waals surface area contributed by atoms with Gasteiger partial charge < -0.3 is 4.52 Å². The molecule has 0 atom stereocenters. The average Bonchev–Trinajstić information content (AvgIpc) is 3.10. The van der Waals surface area contributed by atoms with E-state index in [0.29, 0.717) is 17.0 Å². The summed E-state index contributed by atoms with van der Waals surface area (Å²) < 4.78 is 31.8. The molecule has 0 fully saturated rings. The van der Waals surface area contributed by atoms with Crippen LogP contribution in [0.2, 0.25) is 0 Å². The summed E-state index contributed by atoms with van der Waals surface area (Å²) in [6.45, 7) is 3.57. The summed E-state index contributed by atoms with van der Waals surface area (Å²) in [6.07, 6.45) is 3.03. The lowest BCUT2D eigenvalue weighted by atomic mass is 10.0. The Morgan fingerprint density at radius 3 is 2.33 bits per heavy atom. The molecule has 5 nitrogen and oxygen atoms in total. The summed E-state index contributed by atoms with van der Waals surface area (Å²) in [5, 5.41) is 3.90. The molecule has 0 aliphatic carbocycles. The molecule has 0 bridgehead atoms. The van der Waals surface area contributed by atoms with Crippen molar-refractivity contribution in [2.24, 2.45) is 0 Å². The first-order chi connectivity index (χ1) is 10.0. The molecule has 0 saturated carbocycles. The van der Waals surface area contributed by atoms with E-state index in [1.54, 1.807) is 50.2 Å². The molecule has 21 heavy (non-hydrogen) atoms. The highest BCUT2D eigenvalue weighted by atomic mass is 32.2. The maximum atomic E-state index is 12.7. The number of rotatable bonds is 3. The van der Waals surface area contributed by atoms with Gasteiger partial charge in [-0.25, -0.2) is 12.4 Å². The van der Waals surface area contributed by atoms with Gasteiger partial charge in [0.2, 0.25) is 0 Å². The number of hydrogen-bond acceptors (Lipinski definition) is 4. The maximum Gasteiger partial charge on any atom is 0.268 e. The fourth-order valence-corrected chi connectivity index (χ4v) is 3.74. The molecule has 3 rings (SSSR count). The van der Waals surface area contributed by atoms with Crippen LogP contribution in [-0.4, -0.2) is 17.5 Å². The summed E-state index contributed by atoms with van der Waals surface area (Å²) >= 11 is 0. The van der Waals surface area contributed by atoms with Gasteiger partial charge in [-0.2, -0.15) is 0 Å². The highest BCUT2D eigenvalue weighted by Gasteiger charge is 2.23. The van der Waals surface area contributed by atoms with E-state index in [2.05, 4.69) is 5.16 Å². The quantitative estimate of drug-likeness (QED) is 0.746. The topological polar surface area (TPSA) is 65.1 Å². The fraction of sp³-hybridized carbons (Fsp3) is 0.133. The zero-order valence-corrected chi connectivity index (χ0v) is 12.5. The van der Waals surface area contributed by atoms with Crippen LogP contribution in [-0.2, 0) is 10.0 Å². The third-order valence-electron chi connectivity index (χ3n) is 3.32. The molecule has 0 amide bonds. The molecule has 3 aromatic rings.